The van der Waals surface area contributed by atoms with E-state index >= 15 is 0 Å². The van der Waals surface area contributed by atoms with E-state index in [0.29, 0.717) is 12.5 Å². The Balaban J connectivity index is 1.57. The van der Waals surface area contributed by atoms with E-state index in [4.69, 9.17) is 0 Å². The summed E-state index contributed by atoms with van der Waals surface area (Å²) >= 11 is 0. The number of rotatable bonds is 5. The van der Waals surface area contributed by atoms with Gasteiger partial charge in [-0.15, -0.1) is 0 Å². The van der Waals surface area contributed by atoms with Crippen LogP contribution in [0.25, 0.3) is 11.0 Å². The first-order chi connectivity index (χ1) is 12.6. The summed E-state index contributed by atoms with van der Waals surface area (Å²) in [7, 11) is 3.84. The van der Waals surface area contributed by atoms with Gasteiger partial charge in [-0.2, -0.15) is 0 Å². The zero-order valence-electron chi connectivity index (χ0n) is 16.0. The summed E-state index contributed by atoms with van der Waals surface area (Å²) in [5.74, 6) is 2.18. The molecule has 0 saturated carbocycles. The van der Waals surface area contributed by atoms with E-state index < -0.39 is 0 Å². The van der Waals surface area contributed by atoms with E-state index in [1.54, 1.807) is 7.05 Å². The summed E-state index contributed by atoms with van der Waals surface area (Å²) in [5, 5.41) is 6.77. The first kappa shape index (κ1) is 18.0. The minimum absolute atomic E-state index is 0.407. The van der Waals surface area contributed by atoms with Crippen molar-refractivity contribution >= 4 is 17.0 Å². The number of aliphatic imine (C=N–C) groups is 1. The van der Waals surface area contributed by atoms with Gasteiger partial charge in [0.15, 0.2) is 5.96 Å². The van der Waals surface area contributed by atoms with Gasteiger partial charge in [0.25, 0.3) is 0 Å². The number of imidazole rings is 1. The Morgan fingerprint density at radius 2 is 1.85 bits per heavy atom. The smallest absolute Gasteiger partial charge is 0.191 e. The largest absolute Gasteiger partial charge is 0.356 e. The van der Waals surface area contributed by atoms with Crippen LogP contribution in [0.1, 0.15) is 29.8 Å². The molecule has 0 bridgehead atoms. The fourth-order valence-electron chi connectivity index (χ4n) is 3.00. The topological polar surface area (TPSA) is 54.2 Å². The number of nitrogens with one attached hydrogen (secondary N) is 2. The van der Waals surface area contributed by atoms with Crippen LogP contribution >= 0.6 is 0 Å². The minimum Gasteiger partial charge on any atom is -0.356 e. The van der Waals surface area contributed by atoms with Crippen molar-refractivity contribution in [2.24, 2.45) is 12.0 Å². The lowest BCUT2D eigenvalue weighted by molar-refractivity contribution is 0.686. The molecule has 0 saturated heterocycles. The predicted molar refractivity (Wildman–Crippen MR) is 109 cm³/mol. The number of aromatic nitrogens is 2. The van der Waals surface area contributed by atoms with Crippen LogP contribution in [-0.2, 0) is 13.6 Å². The van der Waals surface area contributed by atoms with Crippen molar-refractivity contribution in [2.75, 3.05) is 13.6 Å². The molecule has 2 aromatic carbocycles. The van der Waals surface area contributed by atoms with Crippen molar-refractivity contribution in [3.8, 4) is 0 Å². The number of guanidine groups is 1. The third kappa shape index (κ3) is 4.04. The monoisotopic (exact) mass is 349 g/mol. The molecule has 1 atom stereocenters. The number of hydrogen-bond acceptors (Lipinski definition) is 2. The van der Waals surface area contributed by atoms with Gasteiger partial charge in [0.2, 0.25) is 0 Å². The van der Waals surface area contributed by atoms with Crippen LogP contribution in [0.15, 0.2) is 53.5 Å². The standard InChI is InChI=1S/C21H27N5/c1-15-9-11-17(12-10-15)16(2)13-23-21(22-3)24-14-20-25-18-7-5-6-8-19(18)26(20)4/h5-12,16H,13-14H2,1-4H3,(H2,22,23,24). The maximum atomic E-state index is 4.69. The van der Waals surface area contributed by atoms with E-state index in [1.165, 1.54) is 11.1 Å². The summed E-state index contributed by atoms with van der Waals surface area (Å²) in [5.41, 5.74) is 4.77. The summed E-state index contributed by atoms with van der Waals surface area (Å²) in [6.07, 6.45) is 0. The summed E-state index contributed by atoms with van der Waals surface area (Å²) < 4.78 is 2.12. The van der Waals surface area contributed by atoms with Gasteiger partial charge in [0.1, 0.15) is 5.82 Å². The van der Waals surface area contributed by atoms with E-state index in [-0.39, 0.29) is 0 Å². The molecule has 26 heavy (non-hydrogen) atoms. The molecule has 0 aliphatic heterocycles. The van der Waals surface area contributed by atoms with Crippen molar-refractivity contribution in [1.29, 1.82) is 0 Å². The number of benzene rings is 2. The van der Waals surface area contributed by atoms with Crippen molar-refractivity contribution < 1.29 is 0 Å². The van der Waals surface area contributed by atoms with Gasteiger partial charge in [-0.25, -0.2) is 4.98 Å². The molecular formula is C21H27N5. The zero-order chi connectivity index (χ0) is 18.5. The molecule has 0 aliphatic carbocycles. The summed E-state index contributed by atoms with van der Waals surface area (Å²) in [6, 6.07) is 16.9. The quantitative estimate of drug-likeness (QED) is 0.549. The highest BCUT2D eigenvalue weighted by atomic mass is 15.2. The van der Waals surface area contributed by atoms with Gasteiger partial charge in [-0.3, -0.25) is 4.99 Å². The van der Waals surface area contributed by atoms with Gasteiger partial charge >= 0.3 is 0 Å². The minimum atomic E-state index is 0.407. The predicted octanol–water partition coefficient (Wildman–Crippen LogP) is 3.35. The molecule has 1 aromatic heterocycles. The van der Waals surface area contributed by atoms with Gasteiger partial charge in [-0.05, 0) is 30.5 Å². The maximum absolute atomic E-state index is 4.69. The molecule has 3 aromatic rings. The second-order valence-corrected chi connectivity index (χ2v) is 6.69. The van der Waals surface area contributed by atoms with Crippen LogP contribution in [0.3, 0.4) is 0 Å². The van der Waals surface area contributed by atoms with Gasteiger partial charge in [0.05, 0.1) is 17.6 Å². The van der Waals surface area contributed by atoms with Crippen LogP contribution in [-0.4, -0.2) is 29.1 Å². The van der Waals surface area contributed by atoms with Crippen LogP contribution in [0, 0.1) is 6.92 Å². The molecule has 1 unspecified atom stereocenters. The molecule has 136 valence electrons. The SMILES string of the molecule is CN=C(NCc1nc2ccccc2n1C)NCC(C)c1ccc(C)cc1. The number of fused-ring (bicyclic) bond motifs is 1. The van der Waals surface area contributed by atoms with Crippen molar-refractivity contribution in [2.45, 2.75) is 26.3 Å². The van der Waals surface area contributed by atoms with Gasteiger partial charge < -0.3 is 15.2 Å². The second-order valence-electron chi connectivity index (χ2n) is 6.69. The first-order valence-corrected chi connectivity index (χ1v) is 9.00. The Kier molecular flexibility index (Phi) is 5.56. The molecule has 0 fully saturated rings. The average molecular weight is 349 g/mol. The highest BCUT2D eigenvalue weighted by Gasteiger charge is 2.09. The molecule has 2 N–H and O–H groups in total. The molecule has 5 nitrogen and oxygen atoms in total. The lowest BCUT2D eigenvalue weighted by Crippen LogP contribution is -2.39. The van der Waals surface area contributed by atoms with Crippen molar-refractivity contribution in [1.82, 2.24) is 20.2 Å². The molecule has 0 radical (unpaired) electrons. The Morgan fingerprint density at radius 3 is 2.54 bits per heavy atom. The fourth-order valence-corrected chi connectivity index (χ4v) is 3.00. The van der Waals surface area contributed by atoms with E-state index in [0.717, 1.165) is 29.4 Å². The Hall–Kier alpha value is -2.82. The van der Waals surface area contributed by atoms with Gasteiger partial charge in [-0.1, -0.05) is 48.9 Å². The highest BCUT2D eigenvalue weighted by molar-refractivity contribution is 5.80. The summed E-state index contributed by atoms with van der Waals surface area (Å²) in [6.45, 7) is 5.78. The normalized spacial score (nSPS) is 13.0. The van der Waals surface area contributed by atoms with Crippen LogP contribution in [0.5, 0.6) is 0 Å². The fraction of sp³-hybridized carbons (Fsp3) is 0.333. The molecule has 3 rings (SSSR count). The lowest BCUT2D eigenvalue weighted by atomic mass is 10.0. The molecule has 5 heteroatoms. The third-order valence-electron chi connectivity index (χ3n) is 4.74. The van der Waals surface area contributed by atoms with E-state index in [9.17, 15) is 0 Å². The number of hydrogen-bond donors (Lipinski definition) is 2. The van der Waals surface area contributed by atoms with Crippen LogP contribution < -0.4 is 10.6 Å². The van der Waals surface area contributed by atoms with E-state index in [2.05, 4.69) is 69.4 Å². The Bertz CT molecular complexity index is 892. The Labute approximate surface area is 155 Å². The molecular weight excluding hydrogens is 322 g/mol. The lowest BCUT2D eigenvalue weighted by Gasteiger charge is -2.16. The first-order valence-electron chi connectivity index (χ1n) is 9.00. The van der Waals surface area contributed by atoms with Crippen LogP contribution in [0.2, 0.25) is 0 Å². The maximum Gasteiger partial charge on any atom is 0.191 e. The number of para-hydroxylation sites is 2. The third-order valence-corrected chi connectivity index (χ3v) is 4.74. The molecule has 1 heterocycles. The van der Waals surface area contributed by atoms with Crippen molar-refractivity contribution in [3.05, 3.63) is 65.5 Å². The highest BCUT2D eigenvalue weighted by Crippen LogP contribution is 2.15. The summed E-state index contributed by atoms with van der Waals surface area (Å²) in [4.78, 5) is 9.01. The van der Waals surface area contributed by atoms with Crippen LogP contribution in [0.4, 0.5) is 0 Å². The molecule has 0 amide bonds. The number of aryl methyl sites for hydroxylation is 2. The second kappa shape index (κ2) is 8.04. The average Bonchev–Trinajstić information content (AvgIpc) is 2.98. The van der Waals surface area contributed by atoms with Crippen molar-refractivity contribution in [3.63, 3.8) is 0 Å². The number of nitrogens with zero attached hydrogens (tertiary/aromatic N) is 3. The zero-order valence-corrected chi connectivity index (χ0v) is 16.0. The molecule has 0 spiro atoms. The Morgan fingerprint density at radius 1 is 1.12 bits per heavy atom. The van der Waals surface area contributed by atoms with Gasteiger partial charge in [0, 0.05) is 20.6 Å². The van der Waals surface area contributed by atoms with E-state index in [1.807, 2.05) is 25.2 Å². The molecule has 0 aliphatic rings.